The highest BCUT2D eigenvalue weighted by Gasteiger charge is 2.11. The molecule has 2 N–H and O–H groups in total. The van der Waals surface area contributed by atoms with Gasteiger partial charge in [0.2, 0.25) is 5.95 Å². The van der Waals surface area contributed by atoms with Gasteiger partial charge < -0.3 is 19.8 Å². The van der Waals surface area contributed by atoms with Crippen LogP contribution in [0.1, 0.15) is 6.42 Å². The van der Waals surface area contributed by atoms with Gasteiger partial charge in [-0.2, -0.15) is 0 Å². The van der Waals surface area contributed by atoms with Crippen LogP contribution >= 0.6 is 22.6 Å². The highest BCUT2D eigenvalue weighted by atomic mass is 127. The van der Waals surface area contributed by atoms with Crippen molar-refractivity contribution in [3.63, 3.8) is 0 Å². The van der Waals surface area contributed by atoms with Crippen LogP contribution in [-0.4, -0.2) is 36.5 Å². The van der Waals surface area contributed by atoms with E-state index in [9.17, 15) is 4.39 Å². The summed E-state index contributed by atoms with van der Waals surface area (Å²) < 4.78 is 26.3. The van der Waals surface area contributed by atoms with E-state index in [1.807, 2.05) is 27.2 Å². The Balaban J connectivity index is 2.02. The first-order chi connectivity index (χ1) is 9.63. The SMILES string of the molecule is COCCOCCCn1c(N)nc2cc(I)c(F)cc21. The second-order valence-corrected chi connectivity index (χ2v) is 5.50. The molecule has 0 amide bonds. The van der Waals surface area contributed by atoms with Gasteiger partial charge in [-0.05, 0) is 35.1 Å². The number of ether oxygens (including phenoxy) is 2. The standard InChI is InChI=1S/C13H17FIN3O2/c1-19-5-6-20-4-2-3-18-12-7-9(14)10(15)8-11(12)17-13(18)16/h7-8H,2-6H2,1H3,(H2,16,17). The number of hydrogen-bond donors (Lipinski definition) is 1. The van der Waals surface area contributed by atoms with E-state index in [0.29, 0.717) is 41.4 Å². The number of hydrogen-bond acceptors (Lipinski definition) is 4. The molecule has 0 saturated carbocycles. The number of fused-ring (bicyclic) bond motifs is 1. The van der Waals surface area contributed by atoms with Gasteiger partial charge in [-0.25, -0.2) is 9.37 Å². The number of anilines is 1. The van der Waals surface area contributed by atoms with Gasteiger partial charge in [-0.3, -0.25) is 0 Å². The van der Waals surface area contributed by atoms with Gasteiger partial charge in [-0.1, -0.05) is 0 Å². The van der Waals surface area contributed by atoms with E-state index in [2.05, 4.69) is 4.98 Å². The van der Waals surface area contributed by atoms with Crippen LogP contribution < -0.4 is 5.73 Å². The number of nitrogens with two attached hydrogens (primary N) is 1. The van der Waals surface area contributed by atoms with Crippen molar-refractivity contribution < 1.29 is 13.9 Å². The zero-order valence-electron chi connectivity index (χ0n) is 11.2. The second-order valence-electron chi connectivity index (χ2n) is 4.34. The van der Waals surface area contributed by atoms with E-state index >= 15 is 0 Å². The van der Waals surface area contributed by atoms with Gasteiger partial charge >= 0.3 is 0 Å². The van der Waals surface area contributed by atoms with Crippen LogP contribution in [0.4, 0.5) is 10.3 Å². The summed E-state index contributed by atoms with van der Waals surface area (Å²) >= 11 is 1.94. The van der Waals surface area contributed by atoms with Crippen molar-refractivity contribution >= 4 is 39.6 Å². The predicted octanol–water partition coefficient (Wildman–Crippen LogP) is 2.42. The van der Waals surface area contributed by atoms with Gasteiger partial charge in [0.1, 0.15) is 5.82 Å². The highest BCUT2D eigenvalue weighted by Crippen LogP contribution is 2.23. The molecule has 7 heteroatoms. The molecule has 20 heavy (non-hydrogen) atoms. The maximum absolute atomic E-state index is 13.6. The van der Waals surface area contributed by atoms with Crippen LogP contribution in [0, 0.1) is 9.39 Å². The number of methoxy groups -OCH3 is 1. The Morgan fingerprint density at radius 1 is 1.35 bits per heavy atom. The van der Waals surface area contributed by atoms with E-state index in [4.69, 9.17) is 15.2 Å². The number of nitrogens with zero attached hydrogens (tertiary/aromatic N) is 2. The van der Waals surface area contributed by atoms with Gasteiger partial charge in [0.05, 0.1) is 27.8 Å². The first-order valence-electron chi connectivity index (χ1n) is 6.31. The molecule has 0 atom stereocenters. The van der Waals surface area contributed by atoms with Crippen LogP contribution in [0.5, 0.6) is 0 Å². The number of benzene rings is 1. The summed E-state index contributed by atoms with van der Waals surface area (Å²) in [7, 11) is 1.64. The first kappa shape index (κ1) is 15.5. The highest BCUT2D eigenvalue weighted by molar-refractivity contribution is 14.1. The van der Waals surface area contributed by atoms with Crippen molar-refractivity contribution in [1.82, 2.24) is 9.55 Å². The fourth-order valence-corrected chi connectivity index (χ4v) is 2.39. The summed E-state index contributed by atoms with van der Waals surface area (Å²) in [5, 5.41) is 0. The summed E-state index contributed by atoms with van der Waals surface area (Å²) in [5.41, 5.74) is 7.32. The lowest BCUT2D eigenvalue weighted by molar-refractivity contribution is 0.0682. The fourth-order valence-electron chi connectivity index (χ4n) is 1.94. The van der Waals surface area contributed by atoms with Crippen LogP contribution in [0.15, 0.2) is 12.1 Å². The Morgan fingerprint density at radius 3 is 2.90 bits per heavy atom. The van der Waals surface area contributed by atoms with Crippen molar-refractivity contribution in [2.75, 3.05) is 32.7 Å². The molecule has 2 rings (SSSR count). The summed E-state index contributed by atoms with van der Waals surface area (Å²) in [6.45, 7) is 2.41. The Labute approximate surface area is 130 Å². The topological polar surface area (TPSA) is 62.3 Å². The maximum Gasteiger partial charge on any atom is 0.201 e. The second kappa shape index (κ2) is 7.19. The predicted molar refractivity (Wildman–Crippen MR) is 84.1 cm³/mol. The Morgan fingerprint density at radius 2 is 2.15 bits per heavy atom. The molecule has 0 aliphatic rings. The van der Waals surface area contributed by atoms with E-state index in [1.165, 1.54) is 6.07 Å². The molecule has 0 unspecified atom stereocenters. The smallest absolute Gasteiger partial charge is 0.201 e. The minimum Gasteiger partial charge on any atom is -0.382 e. The van der Waals surface area contributed by atoms with Gasteiger partial charge in [0.25, 0.3) is 0 Å². The molecule has 0 aliphatic heterocycles. The molecule has 2 aromatic rings. The maximum atomic E-state index is 13.6. The third-order valence-corrected chi connectivity index (χ3v) is 3.75. The number of nitrogen functional groups attached to an aromatic ring is 1. The van der Waals surface area contributed by atoms with Crippen molar-refractivity contribution in [2.45, 2.75) is 13.0 Å². The first-order valence-corrected chi connectivity index (χ1v) is 7.39. The number of imidazole rings is 1. The van der Waals surface area contributed by atoms with E-state index < -0.39 is 0 Å². The lowest BCUT2D eigenvalue weighted by atomic mass is 10.3. The van der Waals surface area contributed by atoms with Crippen molar-refractivity contribution in [2.24, 2.45) is 0 Å². The number of halogens is 2. The Kier molecular flexibility index (Phi) is 5.55. The van der Waals surface area contributed by atoms with Crippen LogP contribution in [0.3, 0.4) is 0 Å². The van der Waals surface area contributed by atoms with Gasteiger partial charge in [0, 0.05) is 26.3 Å². The fraction of sp³-hybridized carbons (Fsp3) is 0.462. The minimum atomic E-state index is -0.254. The largest absolute Gasteiger partial charge is 0.382 e. The normalized spacial score (nSPS) is 11.3. The molecule has 110 valence electrons. The lowest BCUT2D eigenvalue weighted by Gasteiger charge is -2.07. The molecule has 1 aromatic heterocycles. The summed E-state index contributed by atoms with van der Waals surface area (Å²) in [4.78, 5) is 4.25. The third kappa shape index (κ3) is 3.58. The summed E-state index contributed by atoms with van der Waals surface area (Å²) in [5.74, 6) is 0.147. The molecule has 0 radical (unpaired) electrons. The minimum absolute atomic E-state index is 0.254. The summed E-state index contributed by atoms with van der Waals surface area (Å²) in [6, 6.07) is 3.18. The molecule has 0 bridgehead atoms. The molecule has 0 aliphatic carbocycles. The Bertz CT molecular complexity index is 588. The Hall–Kier alpha value is -0.930. The molecule has 5 nitrogen and oxygen atoms in total. The zero-order chi connectivity index (χ0) is 14.5. The zero-order valence-corrected chi connectivity index (χ0v) is 13.4. The van der Waals surface area contributed by atoms with Crippen LogP contribution in [0.25, 0.3) is 11.0 Å². The van der Waals surface area contributed by atoms with Gasteiger partial charge in [0.15, 0.2) is 0 Å². The average molecular weight is 393 g/mol. The number of rotatable bonds is 7. The number of aromatic nitrogens is 2. The third-order valence-electron chi connectivity index (χ3n) is 2.92. The molecule has 1 aromatic carbocycles. The van der Waals surface area contributed by atoms with Crippen molar-refractivity contribution in [3.05, 3.63) is 21.5 Å². The van der Waals surface area contributed by atoms with Crippen LogP contribution in [-0.2, 0) is 16.0 Å². The quantitative estimate of drug-likeness (QED) is 0.580. The molecular formula is C13H17FIN3O2. The summed E-state index contributed by atoms with van der Waals surface area (Å²) in [6.07, 6.45) is 0.785. The monoisotopic (exact) mass is 393 g/mol. The molecule has 0 saturated heterocycles. The van der Waals surface area contributed by atoms with E-state index in [0.717, 1.165) is 11.9 Å². The lowest BCUT2D eigenvalue weighted by Crippen LogP contribution is -2.08. The van der Waals surface area contributed by atoms with E-state index in [1.54, 1.807) is 13.2 Å². The average Bonchev–Trinajstić information content (AvgIpc) is 2.70. The molecule has 1 heterocycles. The van der Waals surface area contributed by atoms with Crippen molar-refractivity contribution in [1.29, 1.82) is 0 Å². The van der Waals surface area contributed by atoms with E-state index in [-0.39, 0.29) is 5.82 Å². The van der Waals surface area contributed by atoms with Gasteiger partial charge in [-0.15, -0.1) is 0 Å². The van der Waals surface area contributed by atoms with Crippen molar-refractivity contribution in [3.8, 4) is 0 Å². The molecule has 0 spiro atoms. The molecular weight excluding hydrogens is 376 g/mol. The van der Waals surface area contributed by atoms with Crippen LogP contribution in [0.2, 0.25) is 0 Å². The molecule has 0 fully saturated rings. The number of aryl methyl sites for hydroxylation is 1.